The van der Waals surface area contributed by atoms with Crippen molar-refractivity contribution < 1.29 is 24.3 Å². The number of aromatic nitrogens is 1. The molecule has 7 heteroatoms. The fourth-order valence-electron chi connectivity index (χ4n) is 11.2. The minimum absolute atomic E-state index is 0.0303. The maximum absolute atomic E-state index is 17.9. The van der Waals surface area contributed by atoms with Crippen molar-refractivity contribution in [2.75, 3.05) is 31.2 Å². The van der Waals surface area contributed by atoms with Crippen LogP contribution < -0.4 is 4.90 Å². The molecule has 0 saturated heterocycles. The number of aliphatic hydroxyl groups is 2. The Balaban J connectivity index is 1.40. The third-order valence-electron chi connectivity index (χ3n) is 14.1. The van der Waals surface area contributed by atoms with Crippen molar-refractivity contribution in [1.82, 2.24) is 4.57 Å². The van der Waals surface area contributed by atoms with Crippen LogP contribution in [0.2, 0.25) is 0 Å². The summed E-state index contributed by atoms with van der Waals surface area (Å²) in [5, 5.41) is 33.5. The van der Waals surface area contributed by atoms with Crippen LogP contribution in [0.25, 0.3) is 27.7 Å². The molecule has 6 aromatic carbocycles. The molecule has 72 heavy (non-hydrogen) atoms. The van der Waals surface area contributed by atoms with Crippen molar-refractivity contribution in [3.05, 3.63) is 206 Å². The number of allylic oxidation sites excluding steroid dienone is 5. The Morgan fingerprint density at radius 3 is 1.78 bits per heavy atom. The van der Waals surface area contributed by atoms with Gasteiger partial charge < -0.3 is 24.8 Å². The van der Waals surface area contributed by atoms with Gasteiger partial charge in [0.2, 0.25) is 11.4 Å². The molecule has 8 rings (SSSR count). The first-order valence-electron chi connectivity index (χ1n) is 25.5. The zero-order valence-electron chi connectivity index (χ0n) is 44.5. The molecule has 0 atom stereocenters. The number of anilines is 2. The van der Waals surface area contributed by atoms with E-state index in [1.54, 1.807) is 6.07 Å². The average Bonchev–Trinajstić information content (AvgIpc) is 3.64. The number of halogens is 1. The largest absolute Gasteiger partial charge is 0.507 e. The van der Waals surface area contributed by atoms with Crippen LogP contribution in [-0.2, 0) is 23.8 Å². The van der Waals surface area contributed by atoms with Gasteiger partial charge in [-0.2, -0.15) is 4.58 Å². The highest BCUT2D eigenvalue weighted by atomic mass is 19.1. The van der Waals surface area contributed by atoms with Crippen molar-refractivity contribution >= 4 is 39.2 Å². The van der Waals surface area contributed by atoms with Gasteiger partial charge in [-0.1, -0.05) is 125 Å². The fraction of sp³-hybridized carbons (Fsp3) is 0.308. The van der Waals surface area contributed by atoms with Gasteiger partial charge in [0.15, 0.2) is 6.54 Å². The highest BCUT2D eigenvalue weighted by Gasteiger charge is 2.30. The lowest BCUT2D eigenvalue weighted by molar-refractivity contribution is -0.443. The minimum atomic E-state index is -0.380. The van der Waals surface area contributed by atoms with Crippen molar-refractivity contribution in [2.45, 2.75) is 107 Å². The van der Waals surface area contributed by atoms with E-state index in [1.165, 1.54) is 5.56 Å². The monoisotopic (exact) mass is 963 g/mol. The van der Waals surface area contributed by atoms with E-state index in [4.69, 9.17) is 0 Å². The van der Waals surface area contributed by atoms with Crippen LogP contribution in [-0.4, -0.2) is 56.5 Å². The van der Waals surface area contributed by atoms with Crippen molar-refractivity contribution in [3.8, 4) is 17.0 Å². The summed E-state index contributed by atoms with van der Waals surface area (Å²) in [5.74, 6) is -0.0166. The normalized spacial score (nSPS) is 12.9. The van der Waals surface area contributed by atoms with Gasteiger partial charge in [0.05, 0.1) is 12.3 Å². The molecule has 0 aliphatic heterocycles. The van der Waals surface area contributed by atoms with E-state index in [0.717, 1.165) is 100 Å². The number of benzene rings is 6. The van der Waals surface area contributed by atoms with Crippen molar-refractivity contribution in [2.24, 2.45) is 0 Å². The molecule has 1 heterocycles. The van der Waals surface area contributed by atoms with Crippen molar-refractivity contribution in [3.63, 3.8) is 0 Å². The molecule has 0 amide bonds. The number of phenols is 1. The summed E-state index contributed by atoms with van der Waals surface area (Å²) in [7, 11) is 0. The lowest BCUT2D eigenvalue weighted by Crippen LogP contribution is -2.23. The third-order valence-corrected chi connectivity index (χ3v) is 14.1. The topological polar surface area (TPSA) is 71.9 Å². The summed E-state index contributed by atoms with van der Waals surface area (Å²) >= 11 is 0. The summed E-state index contributed by atoms with van der Waals surface area (Å²) in [4.78, 5) is 2.02. The van der Waals surface area contributed by atoms with Crippen LogP contribution in [0.1, 0.15) is 103 Å². The highest BCUT2D eigenvalue weighted by molar-refractivity contribution is 6.09. The first-order chi connectivity index (χ1) is 34.2. The lowest BCUT2D eigenvalue weighted by atomic mass is 9.78. The smallest absolute Gasteiger partial charge is 0.211 e. The maximum Gasteiger partial charge on any atom is 0.211 e. The van der Waals surface area contributed by atoms with E-state index in [2.05, 4.69) is 201 Å². The third kappa shape index (κ3) is 10.3. The number of aromatic hydroxyl groups is 1. The Kier molecular flexibility index (Phi) is 14.8. The zero-order chi connectivity index (χ0) is 51.8. The second-order valence-corrected chi connectivity index (χ2v) is 21.9. The summed E-state index contributed by atoms with van der Waals surface area (Å²) in [5.41, 5.74) is 18.7. The molecule has 0 spiro atoms. The molecule has 1 aliphatic rings. The van der Waals surface area contributed by atoms with Gasteiger partial charge in [0.1, 0.15) is 18.2 Å². The number of aliphatic hydroxyl groups excluding tert-OH is 2. The van der Waals surface area contributed by atoms with Crippen LogP contribution in [0, 0.1) is 47.4 Å². The molecule has 7 aromatic rings. The molecule has 0 fully saturated rings. The highest BCUT2D eigenvalue weighted by Crippen LogP contribution is 2.46. The predicted octanol–water partition coefficient (Wildman–Crippen LogP) is 14.7. The summed E-state index contributed by atoms with van der Waals surface area (Å²) in [6.07, 6.45) is 9.06. The van der Waals surface area contributed by atoms with Crippen molar-refractivity contribution in [1.29, 1.82) is 0 Å². The lowest BCUT2D eigenvalue weighted by Gasteiger charge is -2.29. The van der Waals surface area contributed by atoms with Gasteiger partial charge in [-0.3, -0.25) is 0 Å². The van der Waals surface area contributed by atoms with E-state index >= 15 is 4.39 Å². The number of aryl methyl sites for hydroxylation is 8. The van der Waals surface area contributed by atoms with Gasteiger partial charge in [-0.05, 0) is 146 Å². The van der Waals surface area contributed by atoms with Gasteiger partial charge >= 0.3 is 0 Å². The molecule has 0 bridgehead atoms. The average molecular weight is 963 g/mol. The van der Waals surface area contributed by atoms with Crippen LogP contribution in [0.4, 0.5) is 21.5 Å². The zero-order valence-corrected chi connectivity index (χ0v) is 44.5. The number of para-hydroxylation sites is 1. The number of nitrogens with zero attached hydrogens (tertiary/aromatic N) is 3. The summed E-state index contributed by atoms with van der Waals surface area (Å²) in [6, 6.07) is 37.4. The number of phenolic OH excluding ortho intramolecular Hbond substituents is 1. The van der Waals surface area contributed by atoms with E-state index in [0.29, 0.717) is 43.1 Å². The van der Waals surface area contributed by atoms with Gasteiger partial charge in [-0.25, -0.2) is 4.39 Å². The van der Waals surface area contributed by atoms with Crippen LogP contribution in [0.15, 0.2) is 139 Å². The molecule has 1 aliphatic carbocycles. The van der Waals surface area contributed by atoms with Crippen LogP contribution >= 0.6 is 0 Å². The summed E-state index contributed by atoms with van der Waals surface area (Å²) in [6.45, 7) is 26.6. The number of hydrogen-bond acceptors (Lipinski definition) is 4. The van der Waals surface area contributed by atoms with Crippen LogP contribution in [0.5, 0.6) is 5.75 Å². The Morgan fingerprint density at radius 1 is 0.653 bits per heavy atom. The standard InChI is InChI=1S/C65H72FN3O3/c1-41-34-43(3)60(44(4)35-41)67(30-32-70)50-24-22-48(23-25-50)58(52-27-26-51(40-56(52)66)68(31-33-71)61-45(5)36-42(2)37-46(61)6)59-53-20-16-17-21-57(53)69(62(59)49-18-14-13-15-19-49)29-28-47-38-54(64(7,8)9)63(72)55(39-47)65(10,11)12/h13-27,34-40,70-71H,28-33H2,1-12H3/p+1. The number of hydrogen-bond donors (Lipinski definition) is 3. The maximum atomic E-state index is 17.9. The van der Waals surface area contributed by atoms with Gasteiger partial charge in [0.25, 0.3) is 0 Å². The molecule has 372 valence electrons. The summed E-state index contributed by atoms with van der Waals surface area (Å²) < 4.78 is 22.5. The quantitative estimate of drug-likeness (QED) is 0.101. The van der Waals surface area contributed by atoms with Crippen LogP contribution in [0.3, 0.4) is 0 Å². The second-order valence-electron chi connectivity index (χ2n) is 21.9. The Labute approximate surface area is 427 Å². The van der Waals surface area contributed by atoms with Gasteiger partial charge in [0, 0.05) is 75.3 Å². The van der Waals surface area contributed by atoms with Gasteiger partial charge in [-0.15, -0.1) is 0 Å². The second kappa shape index (κ2) is 20.7. The SMILES string of the molecule is Cc1cc(C)c(N(CCO)c2ccc(C(=C3C=CC(=[N+](CCO)c4c(C)cc(C)cc4C)C=C3)c3c(-c4ccccc4)n(CCc4cc(C(C)(C)C)c(O)c(C(C)(C)C)c4)c4ccccc34)c(F)c2)c(C)c1. The Morgan fingerprint density at radius 2 is 1.22 bits per heavy atom. The number of fused-ring (bicyclic) bond motifs is 1. The Hall–Kier alpha value is -6.80. The molecular weight excluding hydrogens is 890 g/mol. The minimum Gasteiger partial charge on any atom is -0.507 e. The fourth-order valence-corrected chi connectivity index (χ4v) is 11.2. The van der Waals surface area contributed by atoms with E-state index in [9.17, 15) is 15.3 Å². The van der Waals surface area contributed by atoms with E-state index in [-0.39, 0.29) is 29.9 Å². The van der Waals surface area contributed by atoms with E-state index < -0.39 is 0 Å². The molecular formula is C65H73FN3O3+. The molecule has 0 unspecified atom stereocenters. The molecule has 3 N–H and O–H groups in total. The molecule has 6 nitrogen and oxygen atoms in total. The molecule has 1 aromatic heterocycles. The first kappa shape index (κ1) is 51.6. The Bertz CT molecular complexity index is 3220. The molecule has 0 radical (unpaired) electrons. The van der Waals surface area contributed by atoms with E-state index in [1.807, 2.05) is 23.1 Å². The molecule has 0 saturated carbocycles. The number of rotatable bonds is 13. The predicted molar refractivity (Wildman–Crippen MR) is 300 cm³/mol. The first-order valence-corrected chi connectivity index (χ1v) is 25.5.